The second-order valence-electron chi connectivity index (χ2n) is 6.34. The van der Waals surface area contributed by atoms with Gasteiger partial charge in [-0.15, -0.1) is 0 Å². The normalized spacial score (nSPS) is 17.2. The third-order valence-corrected chi connectivity index (χ3v) is 4.53. The molecule has 0 aromatic heterocycles. The molecule has 1 aliphatic rings. The second-order valence-corrected chi connectivity index (χ2v) is 6.34. The molecule has 0 radical (unpaired) electrons. The first-order valence-electron chi connectivity index (χ1n) is 8.82. The molecule has 1 aliphatic heterocycles. The highest BCUT2D eigenvalue weighted by atomic mass is 16.5. The van der Waals surface area contributed by atoms with E-state index in [0.717, 1.165) is 43.9 Å². The van der Waals surface area contributed by atoms with Gasteiger partial charge in [-0.25, -0.2) is 0 Å². The molecule has 1 aromatic carbocycles. The highest BCUT2D eigenvalue weighted by Gasteiger charge is 2.24. The van der Waals surface area contributed by atoms with Crippen LogP contribution in [0.5, 0.6) is 11.5 Å². The molecule has 1 atom stereocenters. The van der Waals surface area contributed by atoms with Crippen LogP contribution >= 0.6 is 0 Å². The minimum atomic E-state index is -0.234. The van der Waals surface area contributed by atoms with Gasteiger partial charge in [0.05, 0.1) is 19.8 Å². The van der Waals surface area contributed by atoms with E-state index in [1.165, 1.54) is 12.8 Å². The maximum atomic E-state index is 9.65. The fourth-order valence-electron chi connectivity index (χ4n) is 2.95. The van der Waals surface area contributed by atoms with Crippen molar-refractivity contribution in [1.29, 1.82) is 5.26 Å². The Hall–Kier alpha value is -1.77. The van der Waals surface area contributed by atoms with Crippen molar-refractivity contribution >= 4 is 0 Å². The third-order valence-electron chi connectivity index (χ3n) is 4.53. The third kappa shape index (κ3) is 4.86. The average molecular weight is 331 g/mol. The topological polar surface area (TPSA) is 48.7 Å². The Labute approximate surface area is 145 Å². The zero-order valence-corrected chi connectivity index (χ0v) is 15.1. The number of nitriles is 1. The van der Waals surface area contributed by atoms with Crippen molar-refractivity contribution in [2.75, 3.05) is 46.9 Å². The molecule has 24 heavy (non-hydrogen) atoms. The molecule has 1 heterocycles. The van der Waals surface area contributed by atoms with E-state index < -0.39 is 0 Å². The molecule has 0 saturated carbocycles. The van der Waals surface area contributed by atoms with Crippen molar-refractivity contribution in [2.24, 2.45) is 0 Å². The fourth-order valence-corrected chi connectivity index (χ4v) is 2.95. The van der Waals surface area contributed by atoms with Gasteiger partial charge >= 0.3 is 0 Å². The number of nitrogens with zero attached hydrogens (tertiary/aromatic N) is 3. The second kappa shape index (κ2) is 9.51. The lowest BCUT2D eigenvalue weighted by Gasteiger charge is -2.35. The van der Waals surface area contributed by atoms with Gasteiger partial charge in [0, 0.05) is 26.2 Å². The van der Waals surface area contributed by atoms with Crippen molar-refractivity contribution in [3.8, 4) is 17.6 Å². The number of ether oxygens (including phenoxy) is 2. The number of likely N-dealkylation sites (N-methyl/N-ethyl adjacent to an activating group) is 1. The van der Waals surface area contributed by atoms with Gasteiger partial charge in [-0.2, -0.15) is 5.26 Å². The lowest BCUT2D eigenvalue weighted by Crippen LogP contribution is -2.45. The Balaban J connectivity index is 2.07. The highest BCUT2D eigenvalue weighted by molar-refractivity contribution is 5.45. The maximum Gasteiger partial charge on any atom is 0.161 e. The molecule has 1 unspecified atom stereocenters. The van der Waals surface area contributed by atoms with E-state index in [0.29, 0.717) is 12.4 Å². The summed E-state index contributed by atoms with van der Waals surface area (Å²) in [5.74, 6) is 1.46. The number of rotatable bonds is 8. The predicted octanol–water partition coefficient (Wildman–Crippen LogP) is 3.08. The molecule has 0 amide bonds. The summed E-state index contributed by atoms with van der Waals surface area (Å²) in [6.45, 7) is 6.68. The fraction of sp³-hybridized carbons (Fsp3) is 0.632. The van der Waals surface area contributed by atoms with Gasteiger partial charge in [0.15, 0.2) is 11.5 Å². The van der Waals surface area contributed by atoms with Crippen molar-refractivity contribution in [3.05, 3.63) is 23.8 Å². The van der Waals surface area contributed by atoms with E-state index in [1.807, 2.05) is 18.2 Å². The van der Waals surface area contributed by atoms with Gasteiger partial charge in [0.1, 0.15) is 6.04 Å². The Kier molecular flexibility index (Phi) is 7.36. The van der Waals surface area contributed by atoms with Crippen LogP contribution in [0.15, 0.2) is 18.2 Å². The largest absolute Gasteiger partial charge is 0.493 e. The van der Waals surface area contributed by atoms with Crippen LogP contribution in [0.3, 0.4) is 0 Å². The summed E-state index contributed by atoms with van der Waals surface area (Å²) in [7, 11) is 3.77. The molecule has 2 rings (SSSR count). The molecular formula is C19H29N3O2. The molecule has 0 aliphatic carbocycles. The standard InChI is InChI=1S/C19H29N3O2/c1-4-5-6-13-24-18-8-7-16(14-19(18)23-3)17(15-20)22-11-9-21(2)10-12-22/h7-8,14,17H,4-6,9-13H2,1-3H3. The van der Waals surface area contributed by atoms with E-state index in [1.54, 1.807) is 7.11 Å². The number of unbranched alkanes of at least 4 members (excludes halogenated alkanes) is 2. The van der Waals surface area contributed by atoms with Crippen molar-refractivity contribution in [1.82, 2.24) is 9.80 Å². The molecule has 132 valence electrons. The van der Waals surface area contributed by atoms with E-state index in [4.69, 9.17) is 9.47 Å². The van der Waals surface area contributed by atoms with Crippen LogP contribution in [0, 0.1) is 11.3 Å². The number of benzene rings is 1. The van der Waals surface area contributed by atoms with Gasteiger partial charge in [0.2, 0.25) is 0 Å². The number of hydrogen-bond donors (Lipinski definition) is 0. The van der Waals surface area contributed by atoms with Gasteiger partial charge in [-0.1, -0.05) is 25.8 Å². The van der Waals surface area contributed by atoms with Crippen molar-refractivity contribution in [3.63, 3.8) is 0 Å². The molecule has 1 saturated heterocycles. The molecule has 5 heteroatoms. The Morgan fingerprint density at radius 2 is 1.92 bits per heavy atom. The Morgan fingerprint density at radius 1 is 1.17 bits per heavy atom. The Morgan fingerprint density at radius 3 is 2.54 bits per heavy atom. The molecular weight excluding hydrogens is 302 g/mol. The smallest absolute Gasteiger partial charge is 0.161 e. The van der Waals surface area contributed by atoms with Gasteiger partial charge in [-0.05, 0) is 31.2 Å². The highest BCUT2D eigenvalue weighted by Crippen LogP contribution is 2.32. The van der Waals surface area contributed by atoms with E-state index in [9.17, 15) is 5.26 Å². The number of methoxy groups -OCH3 is 1. The first kappa shape index (κ1) is 18.6. The molecule has 5 nitrogen and oxygen atoms in total. The molecule has 0 N–H and O–H groups in total. The summed E-state index contributed by atoms with van der Waals surface area (Å²) in [5.41, 5.74) is 0.972. The lowest BCUT2D eigenvalue weighted by atomic mass is 10.0. The van der Waals surface area contributed by atoms with Crippen LogP contribution in [-0.2, 0) is 0 Å². The predicted molar refractivity (Wildman–Crippen MR) is 95.4 cm³/mol. The summed E-state index contributed by atoms with van der Waals surface area (Å²) in [6, 6.07) is 8.08. The lowest BCUT2D eigenvalue weighted by molar-refractivity contribution is 0.132. The van der Waals surface area contributed by atoms with Gasteiger partial charge in [0.25, 0.3) is 0 Å². The van der Waals surface area contributed by atoms with E-state index in [2.05, 4.69) is 29.8 Å². The summed E-state index contributed by atoms with van der Waals surface area (Å²) in [4.78, 5) is 4.52. The number of hydrogen-bond acceptors (Lipinski definition) is 5. The minimum absolute atomic E-state index is 0.234. The minimum Gasteiger partial charge on any atom is -0.493 e. The van der Waals surface area contributed by atoms with Crippen LogP contribution in [0.25, 0.3) is 0 Å². The first-order valence-corrected chi connectivity index (χ1v) is 8.82. The van der Waals surface area contributed by atoms with Crippen LogP contribution in [0.4, 0.5) is 0 Å². The van der Waals surface area contributed by atoms with Crippen LogP contribution in [-0.4, -0.2) is 56.7 Å². The van der Waals surface area contributed by atoms with Crippen LogP contribution < -0.4 is 9.47 Å². The summed E-state index contributed by atoms with van der Waals surface area (Å²) in [5, 5.41) is 9.65. The summed E-state index contributed by atoms with van der Waals surface area (Å²) < 4.78 is 11.3. The molecule has 1 fully saturated rings. The van der Waals surface area contributed by atoms with Crippen molar-refractivity contribution < 1.29 is 9.47 Å². The summed E-state index contributed by atoms with van der Waals surface area (Å²) in [6.07, 6.45) is 3.39. The molecule has 0 bridgehead atoms. The van der Waals surface area contributed by atoms with Gasteiger partial charge in [-0.3, -0.25) is 4.90 Å². The van der Waals surface area contributed by atoms with Gasteiger partial charge < -0.3 is 14.4 Å². The zero-order valence-electron chi connectivity index (χ0n) is 15.1. The quantitative estimate of drug-likeness (QED) is 0.685. The Bertz CT molecular complexity index is 548. The SMILES string of the molecule is CCCCCOc1ccc(C(C#N)N2CCN(C)CC2)cc1OC. The monoisotopic (exact) mass is 331 g/mol. The maximum absolute atomic E-state index is 9.65. The zero-order chi connectivity index (χ0) is 17.4. The average Bonchev–Trinajstić information content (AvgIpc) is 2.61. The molecule has 1 aromatic rings. The molecule has 0 spiro atoms. The summed E-state index contributed by atoms with van der Waals surface area (Å²) >= 11 is 0. The van der Waals surface area contributed by atoms with Crippen LogP contribution in [0.2, 0.25) is 0 Å². The van der Waals surface area contributed by atoms with E-state index in [-0.39, 0.29) is 6.04 Å². The van der Waals surface area contributed by atoms with Crippen LogP contribution in [0.1, 0.15) is 37.8 Å². The first-order chi connectivity index (χ1) is 11.7. The number of piperazine rings is 1. The van der Waals surface area contributed by atoms with Crippen molar-refractivity contribution in [2.45, 2.75) is 32.2 Å². The van der Waals surface area contributed by atoms with E-state index >= 15 is 0 Å².